The molecule has 0 aliphatic heterocycles. The summed E-state index contributed by atoms with van der Waals surface area (Å²) in [6.45, 7) is 1.08. The lowest BCUT2D eigenvalue weighted by Gasteiger charge is -2.33. The van der Waals surface area contributed by atoms with Crippen LogP contribution in [0, 0.1) is 0 Å². The smallest absolute Gasteiger partial charge is 0.300 e. The summed E-state index contributed by atoms with van der Waals surface area (Å²) in [6, 6.07) is 40.8. The van der Waals surface area contributed by atoms with Gasteiger partial charge in [-0.15, -0.1) is 9.24 Å². The predicted octanol–water partition coefficient (Wildman–Crippen LogP) is 6.61. The summed E-state index contributed by atoms with van der Waals surface area (Å²) in [6.07, 6.45) is 0. The zero-order valence-electron chi connectivity index (χ0n) is 16.9. The first-order chi connectivity index (χ1) is 14.5. The summed E-state index contributed by atoms with van der Waals surface area (Å²) < 4.78 is 0. The maximum absolute atomic E-state index is 9.00. The second kappa shape index (κ2) is 10.0. The van der Waals surface area contributed by atoms with Gasteiger partial charge in [-0.2, -0.15) is 0 Å². The molecule has 0 heterocycles. The molecule has 0 saturated heterocycles. The van der Waals surface area contributed by atoms with Gasteiger partial charge >= 0.3 is 0 Å². The molecule has 3 heteroatoms. The van der Waals surface area contributed by atoms with Crippen molar-refractivity contribution in [3.8, 4) is 11.1 Å². The quantitative estimate of drug-likeness (QED) is 0.302. The third kappa shape index (κ3) is 4.84. The minimum Gasteiger partial charge on any atom is -0.481 e. The molecule has 0 saturated carbocycles. The molecule has 0 aliphatic carbocycles. The van der Waals surface area contributed by atoms with Gasteiger partial charge in [0, 0.05) is 6.92 Å². The number of hydrogen-bond donors (Lipinski definition) is 1. The fourth-order valence-corrected chi connectivity index (χ4v) is 4.21. The van der Waals surface area contributed by atoms with Crippen LogP contribution in [0.1, 0.15) is 23.6 Å². The molecule has 0 aromatic heterocycles. The number of hydrogen-bond acceptors (Lipinski definition) is 1. The molecule has 0 aliphatic rings. The molecule has 150 valence electrons. The van der Waals surface area contributed by atoms with Gasteiger partial charge in [0.25, 0.3) is 5.97 Å². The largest absolute Gasteiger partial charge is 0.481 e. The topological polar surface area (TPSA) is 37.3 Å². The Morgan fingerprint density at radius 1 is 0.667 bits per heavy atom. The number of benzene rings is 4. The van der Waals surface area contributed by atoms with Crippen molar-refractivity contribution in [1.82, 2.24) is 0 Å². The molecule has 0 amide bonds. The van der Waals surface area contributed by atoms with Gasteiger partial charge in [-0.05, 0) is 27.8 Å². The summed E-state index contributed by atoms with van der Waals surface area (Å²) in [4.78, 5) is 9.00. The lowest BCUT2D eigenvalue weighted by molar-refractivity contribution is -0.134. The van der Waals surface area contributed by atoms with Crippen LogP contribution >= 0.6 is 9.24 Å². The Morgan fingerprint density at radius 2 is 1.03 bits per heavy atom. The highest BCUT2D eigenvalue weighted by Gasteiger charge is 2.33. The zero-order valence-corrected chi connectivity index (χ0v) is 18.1. The lowest BCUT2D eigenvalue weighted by atomic mass is 9.80. The van der Waals surface area contributed by atoms with Gasteiger partial charge in [-0.25, -0.2) is 0 Å². The highest BCUT2D eigenvalue weighted by Crippen LogP contribution is 2.48. The summed E-state index contributed by atoms with van der Waals surface area (Å²) >= 11 is 0. The number of carboxylic acids is 1. The molecule has 0 spiro atoms. The fraction of sp³-hybridized carbons (Fsp3) is 0.0741. The van der Waals surface area contributed by atoms with Crippen LogP contribution in [-0.2, 0) is 9.95 Å². The first-order valence-corrected chi connectivity index (χ1v) is 10.4. The number of rotatable bonds is 4. The van der Waals surface area contributed by atoms with Crippen LogP contribution in [0.4, 0.5) is 0 Å². The minimum absolute atomic E-state index is 0.311. The van der Waals surface area contributed by atoms with Crippen molar-refractivity contribution < 1.29 is 9.90 Å². The normalized spacial score (nSPS) is 10.6. The van der Waals surface area contributed by atoms with Crippen LogP contribution in [0.15, 0.2) is 115 Å². The number of carbonyl (C=O) groups is 1. The fourth-order valence-electron chi connectivity index (χ4n) is 3.58. The first-order valence-electron chi connectivity index (χ1n) is 9.78. The van der Waals surface area contributed by atoms with Crippen molar-refractivity contribution in [2.75, 3.05) is 0 Å². The van der Waals surface area contributed by atoms with Crippen LogP contribution in [-0.4, -0.2) is 11.1 Å². The van der Waals surface area contributed by atoms with Gasteiger partial charge in [0.1, 0.15) is 0 Å². The third-order valence-electron chi connectivity index (χ3n) is 4.89. The average Bonchev–Trinajstić information content (AvgIpc) is 2.80. The highest BCUT2D eigenvalue weighted by atomic mass is 31.0. The van der Waals surface area contributed by atoms with Gasteiger partial charge in [-0.1, -0.05) is 115 Å². The van der Waals surface area contributed by atoms with E-state index in [1.807, 2.05) is 0 Å². The monoisotopic (exact) mass is 412 g/mol. The van der Waals surface area contributed by atoms with E-state index in [0.29, 0.717) is 0 Å². The third-order valence-corrected chi connectivity index (χ3v) is 5.87. The van der Waals surface area contributed by atoms with Gasteiger partial charge in [-0.3, -0.25) is 4.79 Å². The number of aliphatic carboxylic acids is 1. The summed E-state index contributed by atoms with van der Waals surface area (Å²) in [5.41, 5.74) is 6.31. The van der Waals surface area contributed by atoms with Crippen LogP contribution in [0.2, 0.25) is 0 Å². The van der Waals surface area contributed by atoms with Crippen molar-refractivity contribution in [2.45, 2.75) is 12.1 Å². The van der Waals surface area contributed by atoms with E-state index in [0.717, 1.165) is 6.92 Å². The Morgan fingerprint density at radius 3 is 1.50 bits per heavy atom. The highest BCUT2D eigenvalue weighted by molar-refractivity contribution is 7.19. The minimum atomic E-state index is -0.833. The van der Waals surface area contributed by atoms with E-state index in [1.54, 1.807) is 0 Å². The van der Waals surface area contributed by atoms with Gasteiger partial charge in [0.15, 0.2) is 0 Å². The van der Waals surface area contributed by atoms with Crippen LogP contribution in [0.5, 0.6) is 0 Å². The Labute approximate surface area is 180 Å². The van der Waals surface area contributed by atoms with E-state index < -0.39 is 5.97 Å². The summed E-state index contributed by atoms with van der Waals surface area (Å²) in [5.74, 6) is -0.833. The zero-order chi connectivity index (χ0) is 21.4. The van der Waals surface area contributed by atoms with E-state index in [1.165, 1.54) is 27.8 Å². The Balaban J connectivity index is 0.000000589. The van der Waals surface area contributed by atoms with E-state index >= 15 is 0 Å². The lowest BCUT2D eigenvalue weighted by Crippen LogP contribution is -2.22. The number of carboxylic acid groups (broad SMARTS) is 1. The van der Waals surface area contributed by atoms with E-state index in [4.69, 9.17) is 9.90 Å². The molecule has 1 N–H and O–H groups in total. The van der Waals surface area contributed by atoms with Gasteiger partial charge in [0.05, 0.1) is 5.16 Å². The van der Waals surface area contributed by atoms with Crippen molar-refractivity contribution >= 4 is 15.2 Å². The average molecular weight is 412 g/mol. The first kappa shape index (κ1) is 21.5. The van der Waals surface area contributed by atoms with Crippen LogP contribution in [0.25, 0.3) is 11.1 Å². The predicted molar refractivity (Wildman–Crippen MR) is 128 cm³/mol. The van der Waals surface area contributed by atoms with Gasteiger partial charge in [0.2, 0.25) is 0 Å². The van der Waals surface area contributed by atoms with E-state index in [9.17, 15) is 0 Å². The van der Waals surface area contributed by atoms with Gasteiger partial charge < -0.3 is 5.11 Å². The Bertz CT molecular complexity index is 1030. The van der Waals surface area contributed by atoms with Crippen molar-refractivity contribution in [1.29, 1.82) is 0 Å². The molecule has 0 radical (unpaired) electrons. The van der Waals surface area contributed by atoms with Crippen molar-refractivity contribution in [2.24, 2.45) is 0 Å². The molecular formula is C27H25O2P. The molecule has 4 aromatic carbocycles. The van der Waals surface area contributed by atoms with Crippen LogP contribution < -0.4 is 0 Å². The van der Waals surface area contributed by atoms with Crippen molar-refractivity contribution in [3.63, 3.8) is 0 Å². The standard InChI is InChI=1S/C25H21P.C2H4O2/c26-25(21-14-6-2-7-15-21,22-16-8-3-9-17-22)24-19-11-10-18-23(24)20-12-4-1-5-13-20;1-2(3)4/h1-19H,26H2;1H3,(H,3,4). The molecular weight excluding hydrogens is 387 g/mol. The Kier molecular flexibility index (Phi) is 7.17. The molecule has 2 nitrogen and oxygen atoms in total. The molecule has 0 bridgehead atoms. The molecule has 0 fully saturated rings. The van der Waals surface area contributed by atoms with E-state index in [2.05, 4.69) is 125 Å². The molecule has 4 rings (SSSR count). The summed E-state index contributed by atoms with van der Waals surface area (Å²) in [5, 5.41) is 7.11. The van der Waals surface area contributed by atoms with E-state index in [-0.39, 0.29) is 5.16 Å². The SMILES string of the molecule is CC(=O)O.PC(c1ccccc1)(c1ccccc1)c1ccccc1-c1ccccc1. The molecule has 4 aromatic rings. The second-order valence-corrected chi connectivity index (χ2v) is 7.84. The second-order valence-electron chi connectivity index (χ2n) is 6.97. The van der Waals surface area contributed by atoms with Crippen LogP contribution in [0.3, 0.4) is 0 Å². The molecule has 1 atom stereocenters. The molecule has 30 heavy (non-hydrogen) atoms. The Hall–Kier alpha value is -3.22. The molecule has 1 unspecified atom stereocenters. The maximum Gasteiger partial charge on any atom is 0.300 e. The maximum atomic E-state index is 9.00. The summed E-state index contributed by atoms with van der Waals surface area (Å²) in [7, 11) is 3.14. The van der Waals surface area contributed by atoms with Crippen molar-refractivity contribution in [3.05, 3.63) is 132 Å².